The first-order chi connectivity index (χ1) is 5.64. The number of hydrogen-bond donors (Lipinski definition) is 1. The van der Waals surface area contributed by atoms with Crippen LogP contribution in [0.25, 0.3) is 0 Å². The smallest absolute Gasteiger partial charge is 0.0632 e. The van der Waals surface area contributed by atoms with Gasteiger partial charge in [0.1, 0.15) is 0 Å². The average molecular weight is 192 g/mol. The van der Waals surface area contributed by atoms with Gasteiger partial charge in [0.15, 0.2) is 0 Å². The zero-order valence-corrected chi connectivity index (χ0v) is 8.48. The summed E-state index contributed by atoms with van der Waals surface area (Å²) in [7, 11) is 0. The molecule has 3 heteroatoms. The number of nitrogens with zero attached hydrogens (tertiary/aromatic N) is 1. The molecule has 0 aromatic heterocycles. The normalized spacial score (nSPS) is 33.2. The Kier molecular flexibility index (Phi) is 3.81. The Morgan fingerprint density at radius 1 is 1.42 bits per heavy atom. The Balaban J connectivity index is 2.34. The summed E-state index contributed by atoms with van der Waals surface area (Å²) >= 11 is 5.66. The van der Waals surface area contributed by atoms with Crippen molar-refractivity contribution in [2.75, 3.05) is 25.5 Å². The van der Waals surface area contributed by atoms with Crippen molar-refractivity contribution in [1.82, 2.24) is 4.90 Å². The SMILES string of the molecule is CC1(O)CCCN(CCCl)CC1. The van der Waals surface area contributed by atoms with Gasteiger partial charge in [0.25, 0.3) is 0 Å². The summed E-state index contributed by atoms with van der Waals surface area (Å²) in [5.74, 6) is 0.697. The van der Waals surface area contributed by atoms with Crippen LogP contribution in [0.3, 0.4) is 0 Å². The van der Waals surface area contributed by atoms with Crippen molar-refractivity contribution in [2.24, 2.45) is 0 Å². The van der Waals surface area contributed by atoms with E-state index in [1.54, 1.807) is 0 Å². The monoisotopic (exact) mass is 191 g/mol. The van der Waals surface area contributed by atoms with E-state index in [-0.39, 0.29) is 0 Å². The molecule has 0 saturated carbocycles. The lowest BCUT2D eigenvalue weighted by molar-refractivity contribution is 0.0448. The van der Waals surface area contributed by atoms with Gasteiger partial charge in [-0.05, 0) is 32.7 Å². The number of halogens is 1. The summed E-state index contributed by atoms with van der Waals surface area (Å²) in [6, 6.07) is 0. The van der Waals surface area contributed by atoms with Gasteiger partial charge in [-0.2, -0.15) is 0 Å². The molecule has 1 N–H and O–H groups in total. The average Bonchev–Trinajstić information content (AvgIpc) is 2.14. The Morgan fingerprint density at radius 3 is 2.83 bits per heavy atom. The third kappa shape index (κ3) is 3.30. The fourth-order valence-corrected chi connectivity index (χ4v) is 1.90. The quantitative estimate of drug-likeness (QED) is 0.669. The van der Waals surface area contributed by atoms with Crippen LogP contribution < -0.4 is 0 Å². The molecule has 1 aliphatic rings. The van der Waals surface area contributed by atoms with Crippen molar-refractivity contribution in [3.8, 4) is 0 Å². The van der Waals surface area contributed by atoms with Crippen molar-refractivity contribution in [3.05, 3.63) is 0 Å². The molecule has 0 spiro atoms. The lowest BCUT2D eigenvalue weighted by atomic mass is 9.98. The highest BCUT2D eigenvalue weighted by atomic mass is 35.5. The minimum absolute atomic E-state index is 0.443. The van der Waals surface area contributed by atoms with E-state index in [4.69, 9.17) is 11.6 Å². The molecule has 1 fully saturated rings. The number of likely N-dealkylation sites (tertiary alicyclic amines) is 1. The van der Waals surface area contributed by atoms with Crippen molar-refractivity contribution in [1.29, 1.82) is 0 Å². The van der Waals surface area contributed by atoms with E-state index in [9.17, 15) is 5.11 Å². The van der Waals surface area contributed by atoms with E-state index in [1.807, 2.05) is 6.92 Å². The van der Waals surface area contributed by atoms with E-state index in [2.05, 4.69) is 4.90 Å². The summed E-state index contributed by atoms with van der Waals surface area (Å²) in [6.07, 6.45) is 2.89. The first-order valence-corrected chi connectivity index (χ1v) is 5.18. The van der Waals surface area contributed by atoms with Crippen LogP contribution in [0, 0.1) is 0 Å². The third-order valence-electron chi connectivity index (χ3n) is 2.56. The van der Waals surface area contributed by atoms with Crippen LogP contribution >= 0.6 is 11.6 Å². The number of alkyl halides is 1. The fourth-order valence-electron chi connectivity index (χ4n) is 1.66. The van der Waals surface area contributed by atoms with Crippen LogP contribution in [0.5, 0.6) is 0 Å². The summed E-state index contributed by atoms with van der Waals surface area (Å²) < 4.78 is 0. The molecule has 1 rings (SSSR count). The second-order valence-electron chi connectivity index (χ2n) is 3.88. The Labute approximate surface area is 79.5 Å². The molecule has 0 aromatic rings. The summed E-state index contributed by atoms with van der Waals surface area (Å²) in [4.78, 5) is 2.33. The third-order valence-corrected chi connectivity index (χ3v) is 2.73. The molecule has 2 nitrogen and oxygen atoms in total. The van der Waals surface area contributed by atoms with Crippen LogP contribution in [0.1, 0.15) is 26.2 Å². The summed E-state index contributed by atoms with van der Waals surface area (Å²) in [5, 5.41) is 9.78. The van der Waals surface area contributed by atoms with E-state index in [1.165, 1.54) is 0 Å². The van der Waals surface area contributed by atoms with Gasteiger partial charge in [-0.1, -0.05) is 0 Å². The second kappa shape index (κ2) is 4.45. The van der Waals surface area contributed by atoms with Crippen molar-refractivity contribution in [2.45, 2.75) is 31.8 Å². The molecule has 12 heavy (non-hydrogen) atoms. The highest BCUT2D eigenvalue weighted by Crippen LogP contribution is 2.20. The molecule has 72 valence electrons. The Bertz CT molecular complexity index is 138. The molecule has 1 atom stereocenters. The number of rotatable bonds is 2. The van der Waals surface area contributed by atoms with Crippen LogP contribution in [-0.4, -0.2) is 41.1 Å². The largest absolute Gasteiger partial charge is 0.390 e. The molecule has 1 heterocycles. The zero-order valence-electron chi connectivity index (χ0n) is 7.72. The standard InChI is InChI=1S/C9H18ClNO/c1-9(12)3-2-6-11(7-4-9)8-5-10/h12H,2-8H2,1H3. The van der Waals surface area contributed by atoms with Gasteiger partial charge >= 0.3 is 0 Å². The lowest BCUT2D eigenvalue weighted by Gasteiger charge is -2.21. The molecule has 1 saturated heterocycles. The van der Waals surface area contributed by atoms with E-state index in [0.29, 0.717) is 5.88 Å². The highest BCUT2D eigenvalue weighted by molar-refractivity contribution is 6.18. The highest BCUT2D eigenvalue weighted by Gasteiger charge is 2.24. The van der Waals surface area contributed by atoms with Gasteiger partial charge in [0.05, 0.1) is 5.60 Å². The zero-order chi connectivity index (χ0) is 9.03. The fraction of sp³-hybridized carbons (Fsp3) is 1.00. The summed E-state index contributed by atoms with van der Waals surface area (Å²) in [5.41, 5.74) is -0.443. The first kappa shape index (κ1) is 10.3. The predicted octanol–water partition coefficient (Wildman–Crippen LogP) is 1.46. The molecule has 0 amide bonds. The second-order valence-corrected chi connectivity index (χ2v) is 4.26. The van der Waals surface area contributed by atoms with Crippen LogP contribution in [0.15, 0.2) is 0 Å². The molecular formula is C9H18ClNO. The van der Waals surface area contributed by atoms with Crippen molar-refractivity contribution in [3.63, 3.8) is 0 Å². The maximum Gasteiger partial charge on any atom is 0.0632 e. The number of aliphatic hydroxyl groups is 1. The first-order valence-electron chi connectivity index (χ1n) is 4.65. The van der Waals surface area contributed by atoms with E-state index in [0.717, 1.165) is 38.9 Å². The minimum atomic E-state index is -0.443. The molecule has 1 unspecified atom stereocenters. The predicted molar refractivity (Wildman–Crippen MR) is 51.6 cm³/mol. The maximum atomic E-state index is 9.78. The van der Waals surface area contributed by atoms with Gasteiger partial charge in [-0.15, -0.1) is 11.6 Å². The molecule has 0 aliphatic carbocycles. The minimum Gasteiger partial charge on any atom is -0.390 e. The van der Waals surface area contributed by atoms with Gasteiger partial charge in [-0.3, -0.25) is 0 Å². The van der Waals surface area contributed by atoms with Crippen LogP contribution in [0.2, 0.25) is 0 Å². The molecule has 0 radical (unpaired) electrons. The topological polar surface area (TPSA) is 23.5 Å². The molecule has 0 bridgehead atoms. The van der Waals surface area contributed by atoms with E-state index >= 15 is 0 Å². The lowest BCUT2D eigenvalue weighted by Crippen LogP contribution is -2.29. The molecular weight excluding hydrogens is 174 g/mol. The van der Waals surface area contributed by atoms with Crippen LogP contribution in [-0.2, 0) is 0 Å². The van der Waals surface area contributed by atoms with Crippen LogP contribution in [0.4, 0.5) is 0 Å². The van der Waals surface area contributed by atoms with Gasteiger partial charge in [0.2, 0.25) is 0 Å². The maximum absolute atomic E-state index is 9.78. The van der Waals surface area contributed by atoms with Crippen molar-refractivity contribution >= 4 is 11.6 Å². The van der Waals surface area contributed by atoms with Gasteiger partial charge in [0, 0.05) is 19.0 Å². The Hall–Kier alpha value is 0.210. The Morgan fingerprint density at radius 2 is 2.17 bits per heavy atom. The number of hydrogen-bond acceptors (Lipinski definition) is 2. The van der Waals surface area contributed by atoms with E-state index < -0.39 is 5.60 Å². The summed E-state index contributed by atoms with van der Waals surface area (Å²) in [6.45, 7) is 4.96. The van der Waals surface area contributed by atoms with Gasteiger partial charge in [-0.25, -0.2) is 0 Å². The van der Waals surface area contributed by atoms with Gasteiger partial charge < -0.3 is 10.0 Å². The van der Waals surface area contributed by atoms with Crippen molar-refractivity contribution < 1.29 is 5.11 Å². The molecule has 1 aliphatic heterocycles. The molecule has 0 aromatic carbocycles.